The maximum Gasteiger partial charge on any atom is 0.221 e. The van der Waals surface area contributed by atoms with Gasteiger partial charge in [0.1, 0.15) is 5.69 Å². The Labute approximate surface area is 124 Å². The van der Waals surface area contributed by atoms with Crippen LogP contribution in [0.1, 0.15) is 5.56 Å². The number of ether oxygens (including phenoxy) is 1. The second-order valence-corrected chi connectivity index (χ2v) is 5.00. The maximum atomic E-state index is 13.7. The van der Waals surface area contributed by atoms with E-state index in [0.717, 1.165) is 5.56 Å². The van der Waals surface area contributed by atoms with E-state index in [0.29, 0.717) is 22.3 Å². The zero-order valence-corrected chi connectivity index (χ0v) is 12.1. The van der Waals surface area contributed by atoms with Gasteiger partial charge in [0.05, 0.1) is 23.2 Å². The zero-order valence-electron chi connectivity index (χ0n) is 11.4. The summed E-state index contributed by atoms with van der Waals surface area (Å²) in [7, 11) is 1.39. The van der Waals surface area contributed by atoms with Gasteiger partial charge in [-0.25, -0.2) is 14.4 Å². The van der Waals surface area contributed by atoms with Crippen LogP contribution in [0.2, 0.25) is 5.02 Å². The fourth-order valence-corrected chi connectivity index (χ4v) is 2.45. The van der Waals surface area contributed by atoms with Crippen LogP contribution in [0.5, 0.6) is 5.75 Å². The second kappa shape index (κ2) is 4.89. The van der Waals surface area contributed by atoms with Crippen molar-refractivity contribution in [1.29, 1.82) is 0 Å². The topological polar surface area (TPSA) is 76.8 Å². The summed E-state index contributed by atoms with van der Waals surface area (Å²) in [5.41, 5.74) is 9.12. The van der Waals surface area contributed by atoms with E-state index in [4.69, 9.17) is 22.1 Å². The number of nitrogens with zero attached hydrogens (tertiary/aromatic N) is 2. The molecule has 0 radical (unpaired) electrons. The Balaban J connectivity index is 2.35. The molecule has 7 heteroatoms. The second-order valence-electron chi connectivity index (χ2n) is 4.59. The van der Waals surface area contributed by atoms with Crippen LogP contribution in [0, 0.1) is 12.7 Å². The molecule has 108 valence electrons. The molecule has 0 saturated heterocycles. The number of H-pyrrole nitrogens is 1. The van der Waals surface area contributed by atoms with Gasteiger partial charge in [0.15, 0.2) is 11.6 Å². The van der Waals surface area contributed by atoms with E-state index in [9.17, 15) is 4.39 Å². The number of benzene rings is 1. The van der Waals surface area contributed by atoms with Crippen LogP contribution in [-0.2, 0) is 0 Å². The molecule has 0 fully saturated rings. The molecule has 0 spiro atoms. The van der Waals surface area contributed by atoms with Gasteiger partial charge in [-0.05, 0) is 24.6 Å². The summed E-state index contributed by atoms with van der Waals surface area (Å²) in [4.78, 5) is 11.5. The SMILES string of the molecule is COc1cc(-c2nc(N)nc3c(C)c[nH]c23)c(Cl)cc1F. The van der Waals surface area contributed by atoms with E-state index in [2.05, 4.69) is 15.0 Å². The van der Waals surface area contributed by atoms with Gasteiger partial charge in [0, 0.05) is 11.8 Å². The average Bonchev–Trinajstić information content (AvgIpc) is 2.80. The number of halogens is 2. The Morgan fingerprint density at radius 2 is 2.10 bits per heavy atom. The Hall–Kier alpha value is -2.34. The Kier molecular flexibility index (Phi) is 3.17. The molecule has 0 amide bonds. The summed E-state index contributed by atoms with van der Waals surface area (Å²) in [5.74, 6) is -0.324. The number of nitrogen functional groups attached to an aromatic ring is 1. The van der Waals surface area contributed by atoms with Crippen LogP contribution < -0.4 is 10.5 Å². The third kappa shape index (κ3) is 2.17. The lowest BCUT2D eigenvalue weighted by atomic mass is 10.1. The Bertz CT molecular complexity index is 847. The highest BCUT2D eigenvalue weighted by molar-refractivity contribution is 6.33. The number of hydrogen-bond acceptors (Lipinski definition) is 4. The first-order valence-electron chi connectivity index (χ1n) is 6.16. The predicted molar refractivity (Wildman–Crippen MR) is 80.0 cm³/mol. The number of aromatic nitrogens is 3. The number of hydrogen-bond donors (Lipinski definition) is 2. The van der Waals surface area contributed by atoms with Gasteiger partial charge < -0.3 is 15.5 Å². The quantitative estimate of drug-likeness (QED) is 0.761. The first-order chi connectivity index (χ1) is 10.0. The molecular weight excluding hydrogens is 295 g/mol. The Morgan fingerprint density at radius 3 is 2.81 bits per heavy atom. The van der Waals surface area contributed by atoms with E-state index >= 15 is 0 Å². The van der Waals surface area contributed by atoms with Gasteiger partial charge in [-0.1, -0.05) is 11.6 Å². The number of nitrogens with two attached hydrogens (primary N) is 1. The van der Waals surface area contributed by atoms with Gasteiger partial charge in [-0.2, -0.15) is 0 Å². The monoisotopic (exact) mass is 306 g/mol. The van der Waals surface area contributed by atoms with Gasteiger partial charge in [-0.3, -0.25) is 0 Å². The minimum atomic E-state index is -0.535. The summed E-state index contributed by atoms with van der Waals surface area (Å²) in [5, 5.41) is 0.222. The first kappa shape index (κ1) is 13.6. The van der Waals surface area contributed by atoms with Crippen molar-refractivity contribution >= 4 is 28.6 Å². The molecular formula is C14H12ClFN4O. The van der Waals surface area contributed by atoms with Crippen LogP contribution in [0.3, 0.4) is 0 Å². The molecule has 0 atom stereocenters. The van der Waals surface area contributed by atoms with E-state index < -0.39 is 5.82 Å². The van der Waals surface area contributed by atoms with Crippen molar-refractivity contribution in [3.05, 3.63) is 34.7 Å². The molecule has 0 unspecified atom stereocenters. The highest BCUT2D eigenvalue weighted by Gasteiger charge is 2.17. The number of fused-ring (bicyclic) bond motifs is 1. The van der Waals surface area contributed by atoms with Crippen LogP contribution in [-0.4, -0.2) is 22.1 Å². The molecule has 0 bridgehead atoms. The highest BCUT2D eigenvalue weighted by atomic mass is 35.5. The van der Waals surface area contributed by atoms with E-state index in [-0.39, 0.29) is 16.7 Å². The lowest BCUT2D eigenvalue weighted by molar-refractivity contribution is 0.387. The third-order valence-electron chi connectivity index (χ3n) is 3.23. The minimum absolute atomic E-state index is 0.0861. The molecule has 3 N–H and O–H groups in total. The van der Waals surface area contributed by atoms with Gasteiger partial charge in [0.25, 0.3) is 0 Å². The fourth-order valence-electron chi connectivity index (χ4n) is 2.21. The van der Waals surface area contributed by atoms with E-state index in [1.54, 1.807) is 6.20 Å². The molecule has 5 nitrogen and oxygen atoms in total. The summed E-state index contributed by atoms with van der Waals surface area (Å²) < 4.78 is 18.7. The summed E-state index contributed by atoms with van der Waals surface area (Å²) in [6.45, 7) is 1.90. The molecule has 2 aromatic heterocycles. The van der Waals surface area contributed by atoms with Crippen LogP contribution in [0.25, 0.3) is 22.3 Å². The molecule has 0 aliphatic carbocycles. The largest absolute Gasteiger partial charge is 0.494 e. The Morgan fingerprint density at radius 1 is 1.33 bits per heavy atom. The molecule has 0 saturated carbocycles. The smallest absolute Gasteiger partial charge is 0.221 e. The van der Waals surface area contributed by atoms with E-state index in [1.807, 2.05) is 6.92 Å². The summed E-state index contributed by atoms with van der Waals surface area (Å²) in [6.07, 6.45) is 1.80. The number of aromatic amines is 1. The molecule has 0 aliphatic heterocycles. The molecule has 3 aromatic rings. The minimum Gasteiger partial charge on any atom is -0.494 e. The van der Waals surface area contributed by atoms with Crippen molar-refractivity contribution in [1.82, 2.24) is 15.0 Å². The van der Waals surface area contributed by atoms with Crippen molar-refractivity contribution in [2.24, 2.45) is 0 Å². The standard InChI is InChI=1S/C14H12ClFN4O/c1-6-5-18-13-11(6)19-14(17)20-12(13)7-3-10(21-2)9(16)4-8(7)15/h3-5,18H,1-2H3,(H2,17,19,20). The molecule has 0 aliphatic rings. The lowest BCUT2D eigenvalue weighted by Crippen LogP contribution is -1.99. The van der Waals surface area contributed by atoms with Gasteiger partial charge >= 0.3 is 0 Å². The maximum absolute atomic E-state index is 13.7. The lowest BCUT2D eigenvalue weighted by Gasteiger charge is -2.09. The van der Waals surface area contributed by atoms with Crippen LogP contribution in [0.4, 0.5) is 10.3 Å². The average molecular weight is 307 g/mol. The van der Waals surface area contributed by atoms with Crippen molar-refractivity contribution in [2.45, 2.75) is 6.92 Å². The number of nitrogens with one attached hydrogen (secondary N) is 1. The zero-order chi connectivity index (χ0) is 15.1. The predicted octanol–water partition coefficient (Wildman–Crippen LogP) is 3.32. The number of methoxy groups -OCH3 is 1. The molecule has 21 heavy (non-hydrogen) atoms. The summed E-state index contributed by atoms with van der Waals surface area (Å²) in [6, 6.07) is 2.69. The number of rotatable bonds is 2. The molecule has 2 heterocycles. The number of aryl methyl sites for hydroxylation is 1. The van der Waals surface area contributed by atoms with Crippen LogP contribution in [0.15, 0.2) is 18.3 Å². The summed E-state index contributed by atoms with van der Waals surface area (Å²) >= 11 is 6.14. The first-order valence-corrected chi connectivity index (χ1v) is 6.53. The third-order valence-corrected chi connectivity index (χ3v) is 3.54. The van der Waals surface area contributed by atoms with Crippen molar-refractivity contribution in [3.63, 3.8) is 0 Å². The van der Waals surface area contributed by atoms with E-state index in [1.165, 1.54) is 19.2 Å². The molecule has 3 rings (SSSR count). The highest BCUT2D eigenvalue weighted by Crippen LogP contribution is 2.36. The normalized spacial score (nSPS) is 11.0. The van der Waals surface area contributed by atoms with Crippen molar-refractivity contribution in [2.75, 3.05) is 12.8 Å². The van der Waals surface area contributed by atoms with Crippen molar-refractivity contribution in [3.8, 4) is 17.0 Å². The van der Waals surface area contributed by atoms with Gasteiger partial charge in [0.2, 0.25) is 5.95 Å². The van der Waals surface area contributed by atoms with Gasteiger partial charge in [-0.15, -0.1) is 0 Å². The number of anilines is 1. The fraction of sp³-hybridized carbons (Fsp3) is 0.143. The molecule has 1 aromatic carbocycles. The van der Waals surface area contributed by atoms with Crippen LogP contribution >= 0.6 is 11.6 Å². The van der Waals surface area contributed by atoms with Crippen molar-refractivity contribution < 1.29 is 9.13 Å².